The molecule has 0 atom stereocenters. The fourth-order valence-electron chi connectivity index (χ4n) is 0.864. The molecule has 0 aliphatic heterocycles. The number of hydrogen-bond donors (Lipinski definition) is 1. The first-order valence-corrected chi connectivity index (χ1v) is 8.05. The van der Waals surface area contributed by atoms with Crippen molar-refractivity contribution in [2.24, 2.45) is 0 Å². The first-order chi connectivity index (χ1) is 11.1. The molecule has 0 fully saturated rings. The van der Waals surface area contributed by atoms with E-state index in [9.17, 15) is 13.0 Å². The van der Waals surface area contributed by atoms with Gasteiger partial charge in [0.1, 0.15) is 10.1 Å². The summed E-state index contributed by atoms with van der Waals surface area (Å²) in [5.74, 6) is 0. The molecule has 0 bridgehead atoms. The maximum Gasteiger partial charge on any atom is 0.0213 e. The Kier molecular flexibility index (Phi) is 15.7. The zero-order chi connectivity index (χ0) is 17.4. The monoisotopic (exact) mass is 443 g/mol. The number of H-pyrrole nitrogens is 1. The van der Waals surface area contributed by atoms with Crippen LogP contribution in [0, 0.1) is 12.5 Å². The van der Waals surface area contributed by atoms with Crippen LogP contribution in [0.5, 0.6) is 0 Å². The molecule has 24 heavy (non-hydrogen) atoms. The van der Waals surface area contributed by atoms with Crippen molar-refractivity contribution in [3.8, 4) is 0 Å². The minimum Gasteiger partial charge on any atom is -0.374 e. The fraction of sp³-hybridized carbons (Fsp3) is 0. The Morgan fingerprint density at radius 3 is 2.04 bits per heavy atom. The second-order valence-electron chi connectivity index (χ2n) is 3.09. The first kappa shape index (κ1) is 24.0. The Hall–Kier alpha value is -2.23. The maximum absolute atomic E-state index is 10.2. The van der Waals surface area contributed by atoms with Crippen molar-refractivity contribution in [1.82, 2.24) is 30.4 Å². The molecule has 3 N–H and O–H groups in total. The fourth-order valence-corrected chi connectivity index (χ4v) is 1.30. The normalized spacial score (nSPS) is 8.62. The molecule has 0 aliphatic carbocycles. The Morgan fingerprint density at radius 2 is 1.83 bits per heavy atom. The molecule has 0 spiro atoms. The molecule has 0 unspecified atom stereocenters. The minimum absolute atomic E-state index is 0. The molecule has 0 saturated carbocycles. The smallest absolute Gasteiger partial charge is 0.0213 e. The van der Waals surface area contributed by atoms with Gasteiger partial charge in [-0.3, -0.25) is 4.98 Å². The van der Waals surface area contributed by atoms with Gasteiger partial charge in [0.05, 0.1) is 4.90 Å². The summed E-state index contributed by atoms with van der Waals surface area (Å²) in [5, 5.41) is 9.03. The molecule has 10 nitrogen and oxygen atoms in total. The quantitative estimate of drug-likeness (QED) is 0.284. The Labute approximate surface area is 149 Å². The number of nitrogens with zero attached hydrogens (tertiary/aromatic N) is 5. The zero-order valence-corrected chi connectivity index (χ0v) is 14.4. The van der Waals surface area contributed by atoms with Gasteiger partial charge in [-0.25, -0.2) is 8.42 Å². The summed E-state index contributed by atoms with van der Waals surface area (Å²) >= 11 is 2.50. The molecule has 0 radical (unpaired) electrons. The number of pyridine rings is 1. The van der Waals surface area contributed by atoms with Gasteiger partial charge < -0.3 is 36.4 Å². The molecule has 3 aromatic heterocycles. The minimum atomic E-state index is -4.32. The van der Waals surface area contributed by atoms with Crippen LogP contribution in [-0.4, -0.2) is 53.8 Å². The number of hydrogen-bond acceptors (Lipinski definition) is 8. The Bertz CT molecular complexity index is 657. The third-order valence-corrected chi connectivity index (χ3v) is 2.47. The second-order valence-corrected chi connectivity index (χ2v) is 4.47. The van der Waals surface area contributed by atoms with Crippen molar-refractivity contribution in [2.75, 3.05) is 0 Å². The predicted molar refractivity (Wildman–Crippen MR) is 79.0 cm³/mol. The van der Waals surface area contributed by atoms with Crippen LogP contribution in [-0.2, 0) is 28.9 Å². The molecular formula is C12H13N6O4PdS-3. The van der Waals surface area contributed by atoms with Gasteiger partial charge in [0.2, 0.25) is 0 Å². The molecule has 134 valence electrons. The summed E-state index contributed by atoms with van der Waals surface area (Å²) in [6.07, 6.45) is 12.0. The van der Waals surface area contributed by atoms with Gasteiger partial charge in [-0.05, 0) is 12.1 Å². The van der Waals surface area contributed by atoms with E-state index in [-0.39, 0.29) is 10.4 Å². The number of nitrogens with one attached hydrogen (secondary N) is 1. The number of rotatable bonds is 1. The Balaban J connectivity index is 0. The van der Waals surface area contributed by atoms with Crippen LogP contribution in [0.15, 0.2) is 54.1 Å². The summed E-state index contributed by atoms with van der Waals surface area (Å²) < 4.78 is 30.7. The summed E-state index contributed by atoms with van der Waals surface area (Å²) in [6, 6.07) is 4.34. The van der Waals surface area contributed by atoms with Crippen LogP contribution >= 0.6 is 0 Å². The average molecular weight is 444 g/mol. The number of aromatic amines is 1. The van der Waals surface area contributed by atoms with Gasteiger partial charge in [-0.2, -0.15) is 0 Å². The summed E-state index contributed by atoms with van der Waals surface area (Å²) in [4.78, 5) is 13.4. The summed E-state index contributed by atoms with van der Waals surface area (Å²) in [6.45, 7) is 0. The van der Waals surface area contributed by atoms with Gasteiger partial charge >= 0.3 is 23.7 Å². The van der Waals surface area contributed by atoms with E-state index < -0.39 is 10.1 Å². The van der Waals surface area contributed by atoms with Crippen molar-refractivity contribution < 1.29 is 37.2 Å². The van der Waals surface area contributed by atoms with Crippen molar-refractivity contribution in [1.29, 1.82) is 0 Å². The van der Waals surface area contributed by atoms with E-state index >= 15 is 0 Å². The van der Waals surface area contributed by atoms with Crippen molar-refractivity contribution >= 4 is 15.1 Å². The second kappa shape index (κ2) is 15.7. The summed E-state index contributed by atoms with van der Waals surface area (Å²) in [7, 11) is -4.32. The molecule has 12 heteroatoms. The number of aromatic nitrogens is 6. The molecule has 3 heterocycles. The average Bonchev–Trinajstić information content (AvgIpc) is 3.19. The molecule has 0 amide bonds. The van der Waals surface area contributed by atoms with Crippen LogP contribution in [0.1, 0.15) is 0 Å². The molecule has 0 saturated heterocycles. The van der Waals surface area contributed by atoms with Gasteiger partial charge in [0.25, 0.3) is 0 Å². The maximum atomic E-state index is 10.2. The first-order valence-electron chi connectivity index (χ1n) is 5.54. The van der Waals surface area contributed by atoms with Gasteiger partial charge in [0.15, 0.2) is 0 Å². The molecule has 3 aromatic rings. The van der Waals surface area contributed by atoms with Crippen LogP contribution in [0.2, 0.25) is 0 Å². The van der Waals surface area contributed by atoms with E-state index in [2.05, 4.69) is 66.6 Å². The zero-order valence-electron chi connectivity index (χ0n) is 12.0. The topological polar surface area (TPSA) is 169 Å². The molecule has 0 aromatic carbocycles. The van der Waals surface area contributed by atoms with Crippen molar-refractivity contribution in [3.63, 3.8) is 0 Å². The third kappa shape index (κ3) is 13.4. The van der Waals surface area contributed by atoms with E-state index in [1.54, 1.807) is 18.5 Å². The molecular weight excluding hydrogens is 431 g/mol. The molecule has 0 aliphatic rings. The summed E-state index contributed by atoms with van der Waals surface area (Å²) in [5.41, 5.74) is 0. The standard InChI is InChI=1S/C5H5NO3S.C4H3N2.C2H2N3.CH2.H2O.Pd/c7-10(8,9)5-2-1-3-6-4-5;1-2-5-4-6-3-1;1-2-4-5-3-1;;;/h1-4H,(H,7,8,9);1-3H;1H,(H,3,4,5);2*1H2;/q;2*-1;;;/p-1. The van der Waals surface area contributed by atoms with E-state index in [1.165, 1.54) is 24.5 Å². The van der Waals surface area contributed by atoms with E-state index in [4.69, 9.17) is 0 Å². The van der Waals surface area contributed by atoms with Crippen molar-refractivity contribution in [3.05, 3.63) is 61.7 Å². The van der Waals surface area contributed by atoms with Crippen LogP contribution in [0.4, 0.5) is 0 Å². The molecule has 3 rings (SSSR count). The third-order valence-electron chi connectivity index (χ3n) is 1.65. The SMILES string of the molecule is O.O=S(=O)([O-])c1cccnc1.[CH2]=[Pd].[c-]1c[nH]nn1.[c-]1ncccn1. The van der Waals surface area contributed by atoms with Crippen LogP contribution in [0.3, 0.4) is 0 Å². The van der Waals surface area contributed by atoms with Crippen LogP contribution in [0.25, 0.3) is 0 Å². The van der Waals surface area contributed by atoms with E-state index in [0.29, 0.717) is 0 Å². The van der Waals surface area contributed by atoms with E-state index in [0.717, 1.165) is 6.20 Å². The predicted octanol–water partition coefficient (Wildman–Crippen LogP) is -0.992. The van der Waals surface area contributed by atoms with Gasteiger partial charge in [0, 0.05) is 18.7 Å². The largest absolute Gasteiger partial charge is 0.374 e. The van der Waals surface area contributed by atoms with E-state index in [1.807, 2.05) is 0 Å². The van der Waals surface area contributed by atoms with Gasteiger partial charge in [-0.15, -0.1) is 17.5 Å². The van der Waals surface area contributed by atoms with Gasteiger partial charge in [-0.1, -0.05) is 12.4 Å². The Morgan fingerprint density at radius 1 is 1.17 bits per heavy atom. The van der Waals surface area contributed by atoms with Crippen molar-refractivity contribution in [2.45, 2.75) is 4.90 Å². The van der Waals surface area contributed by atoms with Crippen LogP contribution < -0.4 is 0 Å².